The molecule has 0 radical (unpaired) electrons. The topological polar surface area (TPSA) is 97.9 Å². The number of aryl methyl sites for hydroxylation is 2. The molecule has 4 N–H and O–H groups in total. The molecule has 0 spiro atoms. The van der Waals surface area contributed by atoms with Gasteiger partial charge in [0.1, 0.15) is 11.3 Å². The summed E-state index contributed by atoms with van der Waals surface area (Å²) in [6.07, 6.45) is 4.73. The number of nitrogens with one attached hydrogen (secondary N) is 2. The molecule has 4 aromatic rings. The number of benzene rings is 2. The zero-order valence-corrected chi connectivity index (χ0v) is 20.6. The molecule has 0 aliphatic heterocycles. The van der Waals surface area contributed by atoms with E-state index in [1.165, 1.54) is 0 Å². The second kappa shape index (κ2) is 10.9. The van der Waals surface area contributed by atoms with Gasteiger partial charge in [-0.25, -0.2) is 14.8 Å². The van der Waals surface area contributed by atoms with Gasteiger partial charge in [0.2, 0.25) is 0 Å². The zero-order valence-electron chi connectivity index (χ0n) is 19.1. The van der Waals surface area contributed by atoms with Crippen LogP contribution < -0.4 is 16.4 Å². The van der Waals surface area contributed by atoms with Gasteiger partial charge in [0, 0.05) is 29.9 Å². The molecule has 0 fully saturated rings. The Morgan fingerprint density at radius 2 is 1.91 bits per heavy atom. The molecule has 178 valence electrons. The highest BCUT2D eigenvalue weighted by Crippen LogP contribution is 2.29. The van der Waals surface area contributed by atoms with E-state index in [0.717, 1.165) is 66.4 Å². The highest BCUT2D eigenvalue weighted by Gasteiger charge is 2.17. The normalized spacial score (nSPS) is 11.3. The van der Waals surface area contributed by atoms with Crippen molar-refractivity contribution in [3.63, 3.8) is 0 Å². The van der Waals surface area contributed by atoms with E-state index in [1.807, 2.05) is 18.2 Å². The van der Waals surface area contributed by atoms with Crippen LogP contribution in [0.2, 0.25) is 10.0 Å². The van der Waals surface area contributed by atoms with E-state index >= 15 is 0 Å². The number of unbranched alkanes of at least 4 members (excludes halogenated alkanes) is 2. The monoisotopic (exact) mass is 498 g/mol. The molecule has 2 amide bonds. The maximum absolute atomic E-state index is 12.2. The molecule has 0 saturated carbocycles. The van der Waals surface area contributed by atoms with Crippen LogP contribution in [0.5, 0.6) is 0 Å². The van der Waals surface area contributed by atoms with Gasteiger partial charge in [-0.05, 0) is 43.5 Å². The van der Waals surface area contributed by atoms with Gasteiger partial charge in [0.25, 0.3) is 0 Å². The van der Waals surface area contributed by atoms with Gasteiger partial charge in [-0.3, -0.25) is 0 Å². The minimum Gasteiger partial charge on any atom is -0.382 e. The number of urea groups is 1. The highest BCUT2D eigenvalue weighted by molar-refractivity contribution is 6.36. The minimum atomic E-state index is -0.300. The summed E-state index contributed by atoms with van der Waals surface area (Å²) in [5, 5.41) is 7.60. The molecule has 0 saturated heterocycles. The fourth-order valence-electron chi connectivity index (χ4n) is 4.03. The summed E-state index contributed by atoms with van der Waals surface area (Å²) in [7, 11) is 0. The maximum atomic E-state index is 12.2. The number of nitrogen functional groups attached to an aromatic ring is 1. The Labute approximate surface area is 208 Å². The third kappa shape index (κ3) is 5.37. The summed E-state index contributed by atoms with van der Waals surface area (Å²) >= 11 is 12.0. The minimum absolute atomic E-state index is 0.300. The first-order chi connectivity index (χ1) is 16.5. The number of halogens is 2. The summed E-state index contributed by atoms with van der Waals surface area (Å²) in [4.78, 5) is 21.6. The van der Waals surface area contributed by atoms with Crippen LogP contribution in [0.4, 0.5) is 16.3 Å². The van der Waals surface area contributed by atoms with Crippen LogP contribution in [0.15, 0.2) is 42.5 Å². The van der Waals surface area contributed by atoms with E-state index in [0.29, 0.717) is 28.1 Å². The van der Waals surface area contributed by atoms with Gasteiger partial charge in [-0.2, -0.15) is 0 Å². The summed E-state index contributed by atoms with van der Waals surface area (Å²) in [5.41, 5.74) is 9.46. The Morgan fingerprint density at radius 1 is 1.09 bits per heavy atom. The van der Waals surface area contributed by atoms with Gasteiger partial charge in [0.15, 0.2) is 5.82 Å². The average Bonchev–Trinajstić information content (AvgIpc) is 3.18. The molecule has 0 bridgehead atoms. The first-order valence-corrected chi connectivity index (χ1v) is 12.3. The third-order valence-corrected chi connectivity index (χ3v) is 6.26. The molecule has 0 unspecified atom stereocenters. The van der Waals surface area contributed by atoms with Crippen molar-refractivity contribution in [2.24, 2.45) is 0 Å². The van der Waals surface area contributed by atoms with Crippen molar-refractivity contribution in [1.82, 2.24) is 19.9 Å². The summed E-state index contributed by atoms with van der Waals surface area (Å²) in [6.45, 7) is 3.50. The van der Waals surface area contributed by atoms with Crippen LogP contribution in [0.3, 0.4) is 0 Å². The molecule has 2 heterocycles. The lowest BCUT2D eigenvalue weighted by molar-refractivity contribution is 0.252. The van der Waals surface area contributed by atoms with E-state index < -0.39 is 0 Å². The van der Waals surface area contributed by atoms with Crippen LogP contribution in [-0.4, -0.2) is 27.1 Å². The van der Waals surface area contributed by atoms with E-state index in [1.54, 1.807) is 18.2 Å². The molecule has 0 aliphatic rings. The Bertz CT molecular complexity index is 1320. The number of aromatic nitrogens is 3. The molecular weight excluding hydrogens is 471 g/mol. The smallest absolute Gasteiger partial charge is 0.319 e. The Kier molecular flexibility index (Phi) is 7.75. The standard InChI is InChI=1S/C25H28Cl2N6O/c1-2-3-10-21-32-22-23(17-8-4-5-9-19(17)30-24(22)28)33(21)14-7-6-13-29-25(34)31-20-12-11-16(26)15-18(20)27/h4-5,8-9,11-12,15H,2-3,6-7,10,13-14H2,1H3,(H2,28,30)(H2,29,31,34). The Morgan fingerprint density at radius 3 is 2.71 bits per heavy atom. The number of carbonyl (C=O) groups excluding carboxylic acids is 1. The Hall–Kier alpha value is -3.03. The van der Waals surface area contributed by atoms with Gasteiger partial charge in [-0.15, -0.1) is 0 Å². The third-order valence-electron chi connectivity index (χ3n) is 5.72. The number of imidazole rings is 1. The molecule has 7 nitrogen and oxygen atoms in total. The molecule has 9 heteroatoms. The van der Waals surface area contributed by atoms with E-state index in [-0.39, 0.29) is 6.03 Å². The van der Waals surface area contributed by atoms with Crippen molar-refractivity contribution in [2.45, 2.75) is 45.6 Å². The lowest BCUT2D eigenvalue weighted by atomic mass is 10.2. The summed E-state index contributed by atoms with van der Waals surface area (Å²) < 4.78 is 2.28. The van der Waals surface area contributed by atoms with Crippen LogP contribution in [-0.2, 0) is 13.0 Å². The van der Waals surface area contributed by atoms with E-state index in [9.17, 15) is 4.79 Å². The number of hydrogen-bond donors (Lipinski definition) is 3. The second-order valence-corrected chi connectivity index (χ2v) is 9.05. The number of hydrogen-bond acceptors (Lipinski definition) is 4. The number of pyridine rings is 1. The first-order valence-electron chi connectivity index (χ1n) is 11.5. The van der Waals surface area contributed by atoms with Crippen molar-refractivity contribution >= 4 is 62.7 Å². The quantitative estimate of drug-likeness (QED) is 0.232. The number of carbonyl (C=O) groups is 1. The number of nitrogens with zero attached hydrogens (tertiary/aromatic N) is 3. The molecule has 2 aromatic carbocycles. The lowest BCUT2D eigenvalue weighted by Crippen LogP contribution is -2.29. The van der Waals surface area contributed by atoms with Crippen LogP contribution in [0.1, 0.15) is 38.4 Å². The molecule has 2 aromatic heterocycles. The number of anilines is 2. The molecule has 34 heavy (non-hydrogen) atoms. The SMILES string of the molecule is CCCCc1nc2c(N)nc3ccccc3c2n1CCCCNC(=O)Nc1ccc(Cl)cc1Cl. The van der Waals surface area contributed by atoms with Crippen molar-refractivity contribution in [2.75, 3.05) is 17.6 Å². The Balaban J connectivity index is 1.42. The van der Waals surface area contributed by atoms with Gasteiger partial charge < -0.3 is 20.9 Å². The molecule has 0 atom stereocenters. The van der Waals surface area contributed by atoms with Gasteiger partial charge >= 0.3 is 6.03 Å². The number of rotatable bonds is 9. The highest BCUT2D eigenvalue weighted by atomic mass is 35.5. The number of para-hydroxylation sites is 1. The van der Waals surface area contributed by atoms with E-state index in [2.05, 4.69) is 33.2 Å². The van der Waals surface area contributed by atoms with E-state index in [4.69, 9.17) is 33.9 Å². The van der Waals surface area contributed by atoms with Gasteiger partial charge in [0.05, 0.1) is 21.7 Å². The van der Waals surface area contributed by atoms with Gasteiger partial charge in [-0.1, -0.05) is 54.7 Å². The predicted octanol–water partition coefficient (Wildman–Crippen LogP) is 6.42. The number of fused-ring (bicyclic) bond motifs is 3. The van der Waals surface area contributed by atoms with Crippen molar-refractivity contribution in [1.29, 1.82) is 0 Å². The average molecular weight is 499 g/mol. The van der Waals surface area contributed by atoms with Crippen molar-refractivity contribution in [3.05, 3.63) is 58.3 Å². The fourth-order valence-corrected chi connectivity index (χ4v) is 4.48. The number of nitrogens with two attached hydrogens (primary N) is 1. The van der Waals surface area contributed by atoms with Crippen molar-refractivity contribution < 1.29 is 4.79 Å². The van der Waals surface area contributed by atoms with Crippen LogP contribution in [0, 0.1) is 0 Å². The summed E-state index contributed by atoms with van der Waals surface area (Å²) in [5.74, 6) is 1.49. The zero-order chi connectivity index (χ0) is 24.1. The lowest BCUT2D eigenvalue weighted by Gasteiger charge is -2.12. The maximum Gasteiger partial charge on any atom is 0.319 e. The molecule has 4 rings (SSSR count). The number of amides is 2. The van der Waals surface area contributed by atoms with Crippen LogP contribution >= 0.6 is 23.2 Å². The van der Waals surface area contributed by atoms with Crippen LogP contribution in [0.25, 0.3) is 21.9 Å². The largest absolute Gasteiger partial charge is 0.382 e. The molecular formula is C25H28Cl2N6O. The van der Waals surface area contributed by atoms with Crippen molar-refractivity contribution in [3.8, 4) is 0 Å². The summed E-state index contributed by atoms with van der Waals surface area (Å²) in [6, 6.07) is 12.7. The fraction of sp³-hybridized carbons (Fsp3) is 0.320. The second-order valence-electron chi connectivity index (χ2n) is 8.21. The molecule has 0 aliphatic carbocycles. The predicted molar refractivity (Wildman–Crippen MR) is 141 cm³/mol. The first kappa shape index (κ1) is 24.1.